The Balaban J connectivity index is 2.21. The van der Waals surface area contributed by atoms with Crippen LogP contribution in [0, 0.1) is 0 Å². The van der Waals surface area contributed by atoms with Crippen molar-refractivity contribution in [1.82, 2.24) is 9.97 Å². The van der Waals surface area contributed by atoms with Gasteiger partial charge in [0.15, 0.2) is 0 Å². The molecule has 1 atom stereocenters. The van der Waals surface area contributed by atoms with Crippen molar-refractivity contribution in [2.24, 2.45) is 5.73 Å². The van der Waals surface area contributed by atoms with Crippen molar-refractivity contribution in [1.29, 1.82) is 0 Å². The molecule has 2 N–H and O–H groups in total. The molecule has 1 aliphatic rings. The lowest BCUT2D eigenvalue weighted by atomic mass is 10.1. The Hall–Kier alpha value is -1.36. The van der Waals surface area contributed by atoms with Crippen LogP contribution in [0.4, 0.5) is 5.95 Å². The summed E-state index contributed by atoms with van der Waals surface area (Å²) in [6.07, 6.45) is 6.53. The van der Waals surface area contributed by atoms with E-state index in [1.165, 1.54) is 19.3 Å². The molecule has 1 fully saturated rings. The zero-order valence-electron chi connectivity index (χ0n) is 10.3. The summed E-state index contributed by atoms with van der Waals surface area (Å²) in [6.45, 7) is 1.63. The molecule has 1 aromatic heterocycles. The summed E-state index contributed by atoms with van der Waals surface area (Å²) in [5.74, 6) is 1.34. The van der Waals surface area contributed by atoms with Crippen LogP contribution >= 0.6 is 0 Å². The SMILES string of the molecule is COc1ccnc(N2CCCCCC2CN)n1. The normalized spacial score (nSPS) is 21.1. The van der Waals surface area contributed by atoms with Crippen molar-refractivity contribution in [2.75, 3.05) is 25.1 Å². The van der Waals surface area contributed by atoms with E-state index in [1.807, 2.05) is 0 Å². The zero-order valence-corrected chi connectivity index (χ0v) is 10.3. The molecule has 0 aliphatic carbocycles. The van der Waals surface area contributed by atoms with Crippen molar-refractivity contribution < 1.29 is 4.74 Å². The fourth-order valence-corrected chi connectivity index (χ4v) is 2.27. The van der Waals surface area contributed by atoms with Gasteiger partial charge in [-0.15, -0.1) is 0 Å². The van der Waals surface area contributed by atoms with Crippen LogP contribution < -0.4 is 15.4 Å². The molecule has 0 aromatic carbocycles. The van der Waals surface area contributed by atoms with Crippen molar-refractivity contribution in [3.05, 3.63) is 12.3 Å². The monoisotopic (exact) mass is 236 g/mol. The molecular weight excluding hydrogens is 216 g/mol. The second-order valence-corrected chi connectivity index (χ2v) is 4.33. The highest BCUT2D eigenvalue weighted by Gasteiger charge is 2.22. The second kappa shape index (κ2) is 5.82. The van der Waals surface area contributed by atoms with E-state index in [0.717, 1.165) is 18.9 Å². The Bertz CT molecular complexity index is 358. The van der Waals surface area contributed by atoms with E-state index >= 15 is 0 Å². The van der Waals surface area contributed by atoms with E-state index in [0.29, 0.717) is 18.5 Å². The summed E-state index contributed by atoms with van der Waals surface area (Å²) in [6, 6.07) is 2.11. The van der Waals surface area contributed by atoms with Crippen molar-refractivity contribution in [3.8, 4) is 5.88 Å². The van der Waals surface area contributed by atoms with Gasteiger partial charge in [-0.2, -0.15) is 4.98 Å². The molecule has 94 valence electrons. The van der Waals surface area contributed by atoms with Gasteiger partial charge < -0.3 is 15.4 Å². The van der Waals surface area contributed by atoms with Gasteiger partial charge in [-0.3, -0.25) is 0 Å². The van der Waals surface area contributed by atoms with Gasteiger partial charge in [0.25, 0.3) is 0 Å². The lowest BCUT2D eigenvalue weighted by Crippen LogP contribution is -2.41. The van der Waals surface area contributed by atoms with Crippen LogP contribution in [-0.4, -0.2) is 36.2 Å². The maximum absolute atomic E-state index is 5.84. The number of methoxy groups -OCH3 is 1. The number of hydrogen-bond donors (Lipinski definition) is 1. The Morgan fingerprint density at radius 1 is 1.47 bits per heavy atom. The predicted octanol–water partition coefficient (Wildman–Crippen LogP) is 1.19. The van der Waals surface area contributed by atoms with Crippen molar-refractivity contribution in [2.45, 2.75) is 31.7 Å². The number of aromatic nitrogens is 2. The summed E-state index contributed by atoms with van der Waals surface area (Å²) in [5.41, 5.74) is 5.84. The highest BCUT2D eigenvalue weighted by atomic mass is 16.5. The Labute approximate surface area is 102 Å². The minimum atomic E-state index is 0.351. The third-order valence-electron chi connectivity index (χ3n) is 3.23. The van der Waals surface area contributed by atoms with Crippen molar-refractivity contribution >= 4 is 5.95 Å². The van der Waals surface area contributed by atoms with Crippen LogP contribution in [0.5, 0.6) is 5.88 Å². The highest BCUT2D eigenvalue weighted by Crippen LogP contribution is 2.21. The first-order valence-corrected chi connectivity index (χ1v) is 6.19. The Kier molecular flexibility index (Phi) is 4.14. The first-order valence-electron chi connectivity index (χ1n) is 6.19. The van der Waals surface area contributed by atoms with Gasteiger partial charge >= 0.3 is 0 Å². The van der Waals surface area contributed by atoms with Gasteiger partial charge in [0.2, 0.25) is 11.8 Å². The lowest BCUT2D eigenvalue weighted by molar-refractivity contribution is 0.396. The molecule has 1 saturated heterocycles. The average Bonchev–Trinajstić information content (AvgIpc) is 2.63. The van der Waals surface area contributed by atoms with Gasteiger partial charge in [0, 0.05) is 31.4 Å². The van der Waals surface area contributed by atoms with Gasteiger partial charge in [-0.25, -0.2) is 4.98 Å². The van der Waals surface area contributed by atoms with Crippen LogP contribution in [0.1, 0.15) is 25.7 Å². The predicted molar refractivity (Wildman–Crippen MR) is 67.2 cm³/mol. The minimum absolute atomic E-state index is 0.351. The largest absolute Gasteiger partial charge is 0.481 e. The highest BCUT2D eigenvalue weighted by molar-refractivity contribution is 5.34. The van der Waals surface area contributed by atoms with E-state index in [4.69, 9.17) is 10.5 Å². The van der Waals surface area contributed by atoms with E-state index in [2.05, 4.69) is 14.9 Å². The number of rotatable bonds is 3. The van der Waals surface area contributed by atoms with E-state index in [-0.39, 0.29) is 0 Å². The van der Waals surface area contributed by atoms with Gasteiger partial charge in [-0.05, 0) is 12.8 Å². The van der Waals surface area contributed by atoms with Gasteiger partial charge in [-0.1, -0.05) is 12.8 Å². The molecule has 1 aromatic rings. The standard InChI is InChI=1S/C12H20N4O/c1-17-11-6-7-14-12(15-11)16-8-4-2-3-5-10(16)9-13/h6-7,10H,2-5,8-9,13H2,1H3. The molecule has 0 saturated carbocycles. The fraction of sp³-hybridized carbons (Fsp3) is 0.667. The summed E-state index contributed by atoms with van der Waals surface area (Å²) in [7, 11) is 1.62. The van der Waals surface area contributed by atoms with E-state index in [9.17, 15) is 0 Å². The number of anilines is 1. The fourth-order valence-electron chi connectivity index (χ4n) is 2.27. The van der Waals surface area contributed by atoms with Gasteiger partial charge in [0.05, 0.1) is 7.11 Å². The molecule has 0 spiro atoms. The molecule has 5 heteroatoms. The first kappa shape index (κ1) is 12.1. The summed E-state index contributed by atoms with van der Waals surface area (Å²) >= 11 is 0. The third kappa shape index (κ3) is 2.85. The summed E-state index contributed by atoms with van der Waals surface area (Å²) in [4.78, 5) is 10.9. The van der Waals surface area contributed by atoms with Crippen LogP contribution in [0.15, 0.2) is 12.3 Å². The molecule has 5 nitrogen and oxygen atoms in total. The molecule has 1 unspecified atom stereocenters. The molecule has 2 heterocycles. The molecule has 0 bridgehead atoms. The smallest absolute Gasteiger partial charge is 0.228 e. The van der Waals surface area contributed by atoms with Crippen LogP contribution in [0.2, 0.25) is 0 Å². The number of ether oxygens (including phenoxy) is 1. The third-order valence-corrected chi connectivity index (χ3v) is 3.23. The van der Waals surface area contributed by atoms with Gasteiger partial charge in [0.1, 0.15) is 0 Å². The molecule has 1 aliphatic heterocycles. The molecule has 0 radical (unpaired) electrons. The Morgan fingerprint density at radius 2 is 2.35 bits per heavy atom. The van der Waals surface area contributed by atoms with E-state index < -0.39 is 0 Å². The van der Waals surface area contributed by atoms with Crippen molar-refractivity contribution in [3.63, 3.8) is 0 Å². The quantitative estimate of drug-likeness (QED) is 0.854. The number of nitrogens with two attached hydrogens (primary N) is 1. The maximum atomic E-state index is 5.84. The topological polar surface area (TPSA) is 64.3 Å². The average molecular weight is 236 g/mol. The molecular formula is C12H20N4O. The number of nitrogens with zero attached hydrogens (tertiary/aromatic N) is 3. The maximum Gasteiger partial charge on any atom is 0.228 e. The van der Waals surface area contributed by atoms with Crippen LogP contribution in [0.25, 0.3) is 0 Å². The summed E-state index contributed by atoms with van der Waals surface area (Å²) < 4.78 is 5.14. The van der Waals surface area contributed by atoms with Crippen LogP contribution in [0.3, 0.4) is 0 Å². The summed E-state index contributed by atoms with van der Waals surface area (Å²) in [5, 5.41) is 0. The minimum Gasteiger partial charge on any atom is -0.481 e. The van der Waals surface area contributed by atoms with Crippen LogP contribution in [-0.2, 0) is 0 Å². The molecule has 2 rings (SSSR count). The zero-order chi connectivity index (χ0) is 12.1. The first-order chi connectivity index (χ1) is 8.35. The van der Waals surface area contributed by atoms with E-state index in [1.54, 1.807) is 19.4 Å². The second-order valence-electron chi connectivity index (χ2n) is 4.33. The lowest BCUT2D eigenvalue weighted by Gasteiger charge is -2.28. The molecule has 17 heavy (non-hydrogen) atoms. The Morgan fingerprint density at radius 3 is 3.12 bits per heavy atom. The molecule has 0 amide bonds. The number of hydrogen-bond acceptors (Lipinski definition) is 5.